The highest BCUT2D eigenvalue weighted by molar-refractivity contribution is 9.25. The number of fused-ring (bicyclic) bond motifs is 3. The van der Waals surface area contributed by atoms with Crippen LogP contribution >= 0.6 is 31.9 Å². The summed E-state index contributed by atoms with van der Waals surface area (Å²) in [6, 6.07) is 13.3. The molecule has 2 aromatic rings. The van der Waals surface area contributed by atoms with Gasteiger partial charge in [-0.1, -0.05) is 68.3 Å². The lowest BCUT2D eigenvalue weighted by Gasteiger charge is -2.12. The summed E-state index contributed by atoms with van der Waals surface area (Å²) in [6.45, 7) is 1.75. The number of carbonyl (C=O) groups is 2. The van der Waals surface area contributed by atoms with Gasteiger partial charge in [-0.25, -0.2) is 0 Å². The van der Waals surface area contributed by atoms with E-state index in [-0.39, 0.29) is 18.0 Å². The van der Waals surface area contributed by atoms with E-state index in [2.05, 4.69) is 31.9 Å². The molecule has 1 aliphatic carbocycles. The first-order valence-corrected chi connectivity index (χ1v) is 8.14. The van der Waals surface area contributed by atoms with Crippen LogP contribution in [0.25, 0.3) is 11.1 Å². The number of ketones is 2. The lowest BCUT2D eigenvalue weighted by Crippen LogP contribution is -2.22. The maximum atomic E-state index is 12.4. The maximum Gasteiger partial charge on any atom is 0.194 e. The van der Waals surface area contributed by atoms with E-state index in [1.807, 2.05) is 42.5 Å². The van der Waals surface area contributed by atoms with Gasteiger partial charge in [0.1, 0.15) is 3.23 Å². The van der Waals surface area contributed by atoms with Gasteiger partial charge >= 0.3 is 0 Å². The molecule has 0 aliphatic heterocycles. The summed E-state index contributed by atoms with van der Waals surface area (Å²) in [6.07, 6.45) is 0.282. The Labute approximate surface area is 139 Å². The number of hydrogen-bond acceptors (Lipinski definition) is 2. The molecule has 21 heavy (non-hydrogen) atoms. The second kappa shape index (κ2) is 5.18. The Hall–Kier alpha value is -1.26. The van der Waals surface area contributed by atoms with E-state index in [1.54, 1.807) is 6.92 Å². The van der Waals surface area contributed by atoms with Gasteiger partial charge in [0.05, 0.1) is 0 Å². The second-order valence-corrected chi connectivity index (χ2v) is 9.48. The third-order valence-corrected chi connectivity index (χ3v) is 4.53. The van der Waals surface area contributed by atoms with Crippen LogP contribution in [-0.4, -0.2) is 14.8 Å². The van der Waals surface area contributed by atoms with Crippen molar-refractivity contribution in [1.29, 1.82) is 0 Å². The smallest absolute Gasteiger partial charge is 0.194 e. The summed E-state index contributed by atoms with van der Waals surface area (Å²) in [5.74, 6) is 0.0563. The van der Waals surface area contributed by atoms with Gasteiger partial charge < -0.3 is 0 Å². The average Bonchev–Trinajstić information content (AvgIpc) is 2.72. The van der Waals surface area contributed by atoms with Crippen molar-refractivity contribution in [3.63, 3.8) is 0 Å². The van der Waals surface area contributed by atoms with Crippen LogP contribution in [0.5, 0.6) is 0 Å². The second-order valence-electron chi connectivity index (χ2n) is 5.24. The molecule has 2 nitrogen and oxygen atoms in total. The lowest BCUT2D eigenvalue weighted by atomic mass is 10.00. The molecule has 2 aromatic carbocycles. The zero-order valence-electron chi connectivity index (χ0n) is 11.3. The van der Waals surface area contributed by atoms with Crippen LogP contribution in [0.15, 0.2) is 42.5 Å². The first-order valence-electron chi connectivity index (χ1n) is 6.56. The van der Waals surface area contributed by atoms with Crippen molar-refractivity contribution in [1.82, 2.24) is 0 Å². The molecule has 0 unspecified atom stereocenters. The third-order valence-electron chi connectivity index (χ3n) is 3.64. The standard InChI is InChI=1S/C17H12Br2O2/c1-17(18,19)15(20)9-10-6-7-12-11-4-2-3-5-13(11)16(21)14(12)8-10/h2-8H,9H2,1H3. The molecule has 0 aromatic heterocycles. The van der Waals surface area contributed by atoms with Gasteiger partial charge in [0, 0.05) is 17.5 Å². The summed E-state index contributed by atoms with van der Waals surface area (Å²) >= 11 is 6.60. The molecule has 0 fully saturated rings. The van der Waals surface area contributed by atoms with E-state index in [4.69, 9.17) is 0 Å². The molecule has 106 valence electrons. The van der Waals surface area contributed by atoms with E-state index >= 15 is 0 Å². The van der Waals surface area contributed by atoms with E-state index in [0.29, 0.717) is 5.56 Å². The number of rotatable bonds is 3. The van der Waals surface area contributed by atoms with E-state index in [9.17, 15) is 9.59 Å². The van der Waals surface area contributed by atoms with Crippen LogP contribution < -0.4 is 0 Å². The number of Topliss-reactive ketones (excluding diaryl/α,β-unsaturated/α-hetero) is 1. The number of carbonyl (C=O) groups excluding carboxylic acids is 2. The Morgan fingerprint density at radius 2 is 1.62 bits per heavy atom. The van der Waals surface area contributed by atoms with Crippen molar-refractivity contribution in [3.05, 3.63) is 59.2 Å². The lowest BCUT2D eigenvalue weighted by molar-refractivity contribution is -0.118. The van der Waals surface area contributed by atoms with Crippen LogP contribution in [0.3, 0.4) is 0 Å². The fraction of sp³-hybridized carbons (Fsp3) is 0.176. The first kappa shape index (κ1) is 14.7. The predicted molar refractivity (Wildman–Crippen MR) is 90.3 cm³/mol. The Bertz CT molecular complexity index is 758. The molecular weight excluding hydrogens is 396 g/mol. The van der Waals surface area contributed by atoms with Crippen molar-refractivity contribution in [3.8, 4) is 11.1 Å². The number of benzene rings is 2. The van der Waals surface area contributed by atoms with Gasteiger partial charge in [-0.15, -0.1) is 0 Å². The van der Waals surface area contributed by atoms with Crippen LogP contribution in [0.2, 0.25) is 0 Å². The Morgan fingerprint density at radius 3 is 2.29 bits per heavy atom. The van der Waals surface area contributed by atoms with Gasteiger partial charge in [0.25, 0.3) is 0 Å². The topological polar surface area (TPSA) is 34.1 Å². The zero-order chi connectivity index (χ0) is 15.2. The fourth-order valence-corrected chi connectivity index (χ4v) is 2.81. The minimum absolute atomic E-state index is 0.0189. The average molecular weight is 408 g/mol. The third kappa shape index (κ3) is 2.62. The molecule has 0 N–H and O–H groups in total. The highest BCUT2D eigenvalue weighted by Crippen LogP contribution is 2.37. The molecule has 0 radical (unpaired) electrons. The van der Waals surface area contributed by atoms with Crippen molar-refractivity contribution in [2.45, 2.75) is 16.6 Å². The predicted octanol–water partition coefficient (Wildman–Crippen LogP) is 4.52. The largest absolute Gasteiger partial charge is 0.297 e. The van der Waals surface area contributed by atoms with Gasteiger partial charge in [-0.3, -0.25) is 9.59 Å². The van der Waals surface area contributed by atoms with Crippen molar-refractivity contribution in [2.75, 3.05) is 0 Å². The summed E-state index contributed by atoms with van der Waals surface area (Å²) in [4.78, 5) is 24.5. The highest BCUT2D eigenvalue weighted by atomic mass is 79.9. The maximum absolute atomic E-state index is 12.4. The fourth-order valence-electron chi connectivity index (χ4n) is 2.53. The molecule has 0 saturated heterocycles. The Balaban J connectivity index is 1.98. The summed E-state index contributed by atoms with van der Waals surface area (Å²) in [7, 11) is 0. The highest BCUT2D eigenvalue weighted by Gasteiger charge is 2.28. The van der Waals surface area contributed by atoms with Crippen LogP contribution in [0.4, 0.5) is 0 Å². The van der Waals surface area contributed by atoms with Gasteiger partial charge in [-0.05, 0) is 29.7 Å². The van der Waals surface area contributed by atoms with Crippen molar-refractivity contribution in [2.24, 2.45) is 0 Å². The molecule has 0 bridgehead atoms. The van der Waals surface area contributed by atoms with Crippen LogP contribution in [0, 0.1) is 0 Å². The number of alkyl halides is 2. The molecule has 1 aliphatic rings. The van der Waals surface area contributed by atoms with Crippen LogP contribution in [0.1, 0.15) is 28.4 Å². The summed E-state index contributed by atoms with van der Waals surface area (Å²) in [5.41, 5.74) is 4.20. The van der Waals surface area contributed by atoms with Crippen LogP contribution in [-0.2, 0) is 11.2 Å². The minimum atomic E-state index is -0.730. The number of hydrogen-bond donors (Lipinski definition) is 0. The van der Waals surface area contributed by atoms with E-state index < -0.39 is 3.23 Å². The quantitative estimate of drug-likeness (QED) is 0.598. The minimum Gasteiger partial charge on any atom is -0.297 e. The SMILES string of the molecule is CC(Br)(Br)C(=O)Cc1ccc2c(c1)C(=O)c1ccccc1-2. The summed E-state index contributed by atoms with van der Waals surface area (Å²) < 4.78 is -0.730. The number of halogens is 2. The zero-order valence-corrected chi connectivity index (χ0v) is 14.5. The molecule has 0 amide bonds. The molecule has 4 heteroatoms. The van der Waals surface area contributed by atoms with Gasteiger partial charge in [0.15, 0.2) is 11.6 Å². The van der Waals surface area contributed by atoms with Gasteiger partial charge in [0.2, 0.25) is 0 Å². The molecule has 3 rings (SSSR count). The first-order chi connectivity index (χ1) is 9.88. The van der Waals surface area contributed by atoms with E-state index in [1.165, 1.54) is 0 Å². The Kier molecular flexibility index (Phi) is 3.62. The van der Waals surface area contributed by atoms with E-state index in [0.717, 1.165) is 22.3 Å². The Morgan fingerprint density at radius 1 is 1.00 bits per heavy atom. The molecular formula is C17H12Br2O2. The molecule has 0 atom stereocenters. The van der Waals surface area contributed by atoms with Gasteiger partial charge in [-0.2, -0.15) is 0 Å². The molecule has 0 saturated carbocycles. The molecule has 0 heterocycles. The monoisotopic (exact) mass is 406 g/mol. The van der Waals surface area contributed by atoms with Crippen molar-refractivity contribution < 1.29 is 9.59 Å². The normalized spacial score (nSPS) is 13.0. The summed E-state index contributed by atoms with van der Waals surface area (Å²) in [5, 5.41) is 0. The van der Waals surface area contributed by atoms with Crippen molar-refractivity contribution >= 4 is 43.4 Å². The molecule has 0 spiro atoms.